The van der Waals surface area contributed by atoms with Crippen molar-refractivity contribution in [2.75, 3.05) is 14.2 Å². The molecule has 0 spiro atoms. The molecule has 8 nitrogen and oxygen atoms in total. The molecule has 0 unspecified atom stereocenters. The average Bonchev–Trinajstić information content (AvgIpc) is 3.44. The third kappa shape index (κ3) is 5.56. The number of aromatic nitrogens is 1. The van der Waals surface area contributed by atoms with Gasteiger partial charge in [0.25, 0.3) is 5.91 Å². The molecule has 1 heterocycles. The molecule has 0 saturated carbocycles. The van der Waals surface area contributed by atoms with Gasteiger partial charge in [-0.15, -0.1) is 0 Å². The largest absolute Gasteiger partial charge is 0.497 e. The summed E-state index contributed by atoms with van der Waals surface area (Å²) in [4.78, 5) is 25.3. The van der Waals surface area contributed by atoms with Crippen molar-refractivity contribution in [1.82, 2.24) is 9.99 Å². The molecule has 1 amide bonds. The van der Waals surface area contributed by atoms with E-state index in [-0.39, 0.29) is 11.7 Å². The van der Waals surface area contributed by atoms with Crippen molar-refractivity contribution in [3.05, 3.63) is 108 Å². The normalized spacial score (nSPS) is 10.7. The smallest absolute Gasteiger partial charge is 0.343 e. The van der Waals surface area contributed by atoms with E-state index in [0.29, 0.717) is 28.2 Å². The molecular formula is C27H23N3O5. The van der Waals surface area contributed by atoms with Crippen LogP contribution in [0.1, 0.15) is 26.3 Å². The molecule has 0 atom stereocenters. The van der Waals surface area contributed by atoms with Crippen LogP contribution in [0, 0.1) is 0 Å². The number of amides is 1. The topological polar surface area (TPSA) is 91.2 Å². The Hall–Kier alpha value is -4.85. The number of benzene rings is 3. The predicted molar refractivity (Wildman–Crippen MR) is 132 cm³/mol. The van der Waals surface area contributed by atoms with Crippen LogP contribution in [0.15, 0.2) is 96.4 Å². The van der Waals surface area contributed by atoms with Gasteiger partial charge < -0.3 is 18.8 Å². The predicted octanol–water partition coefficient (Wildman–Crippen LogP) is 4.48. The van der Waals surface area contributed by atoms with E-state index in [1.54, 1.807) is 61.7 Å². The fourth-order valence-electron chi connectivity index (χ4n) is 3.35. The minimum atomic E-state index is -0.546. The van der Waals surface area contributed by atoms with Crippen molar-refractivity contribution in [2.45, 2.75) is 0 Å². The summed E-state index contributed by atoms with van der Waals surface area (Å²) in [7, 11) is 3.03. The molecule has 1 N–H and O–H groups in total. The highest BCUT2D eigenvalue weighted by Gasteiger charge is 2.14. The molecule has 8 heteroatoms. The first kappa shape index (κ1) is 23.3. The number of para-hydroxylation sites is 1. The van der Waals surface area contributed by atoms with E-state index in [4.69, 9.17) is 14.2 Å². The molecule has 35 heavy (non-hydrogen) atoms. The van der Waals surface area contributed by atoms with E-state index in [9.17, 15) is 9.59 Å². The zero-order chi connectivity index (χ0) is 24.6. The van der Waals surface area contributed by atoms with Crippen LogP contribution in [-0.4, -0.2) is 36.9 Å². The van der Waals surface area contributed by atoms with Crippen molar-refractivity contribution < 1.29 is 23.8 Å². The lowest BCUT2D eigenvalue weighted by atomic mass is 10.1. The Kier molecular flexibility index (Phi) is 7.22. The number of ether oxygens (including phenoxy) is 3. The van der Waals surface area contributed by atoms with Gasteiger partial charge >= 0.3 is 5.97 Å². The first-order valence-corrected chi connectivity index (χ1v) is 10.7. The van der Waals surface area contributed by atoms with Crippen LogP contribution < -0.4 is 19.6 Å². The standard InChI is InChI=1S/C27H23N3O5/c1-33-21-12-10-20(11-13-21)27(32)35-25-17-19(9-14-24(25)34-2)18-28-29-26(31)22-7-3-4-8-23(22)30-15-5-6-16-30/h3-18H,1-2H3,(H,29,31). The minimum absolute atomic E-state index is 0.224. The maximum atomic E-state index is 12.7. The van der Waals surface area contributed by atoms with Crippen LogP contribution >= 0.6 is 0 Å². The Morgan fingerprint density at radius 1 is 0.857 bits per heavy atom. The number of methoxy groups -OCH3 is 2. The third-order valence-electron chi connectivity index (χ3n) is 5.13. The number of esters is 1. The van der Waals surface area contributed by atoms with Crippen molar-refractivity contribution in [1.29, 1.82) is 0 Å². The first-order valence-electron chi connectivity index (χ1n) is 10.7. The molecule has 4 aromatic rings. The molecule has 0 saturated heterocycles. The van der Waals surface area contributed by atoms with Gasteiger partial charge in [0, 0.05) is 12.4 Å². The van der Waals surface area contributed by atoms with Gasteiger partial charge in [0.1, 0.15) is 5.75 Å². The SMILES string of the molecule is COc1ccc(C(=O)Oc2cc(C=NNC(=O)c3ccccc3-n3cccc3)ccc2OC)cc1. The van der Waals surface area contributed by atoms with Crippen molar-refractivity contribution in [3.8, 4) is 22.9 Å². The summed E-state index contributed by atoms with van der Waals surface area (Å²) in [5.74, 6) is 0.339. The van der Waals surface area contributed by atoms with E-state index < -0.39 is 5.97 Å². The number of nitrogens with one attached hydrogen (secondary N) is 1. The van der Waals surface area contributed by atoms with E-state index in [1.807, 2.05) is 41.2 Å². The number of nitrogens with zero attached hydrogens (tertiary/aromatic N) is 2. The van der Waals surface area contributed by atoms with Crippen LogP contribution in [0.5, 0.6) is 17.2 Å². The van der Waals surface area contributed by atoms with Gasteiger partial charge in [0.15, 0.2) is 11.5 Å². The Labute approximate surface area is 202 Å². The van der Waals surface area contributed by atoms with E-state index in [2.05, 4.69) is 10.5 Å². The van der Waals surface area contributed by atoms with Crippen LogP contribution in [0.4, 0.5) is 0 Å². The summed E-state index contributed by atoms with van der Waals surface area (Å²) in [6.45, 7) is 0. The number of carbonyl (C=O) groups excluding carboxylic acids is 2. The Bertz CT molecular complexity index is 1350. The van der Waals surface area contributed by atoms with E-state index in [1.165, 1.54) is 13.3 Å². The second kappa shape index (κ2) is 10.8. The van der Waals surface area contributed by atoms with Gasteiger partial charge in [0.2, 0.25) is 0 Å². The minimum Gasteiger partial charge on any atom is -0.497 e. The molecule has 4 rings (SSSR count). The van der Waals surface area contributed by atoms with Crippen LogP contribution in [-0.2, 0) is 0 Å². The molecule has 3 aromatic carbocycles. The third-order valence-corrected chi connectivity index (χ3v) is 5.13. The van der Waals surface area contributed by atoms with Crippen LogP contribution in [0.2, 0.25) is 0 Å². The fraction of sp³-hybridized carbons (Fsp3) is 0.0741. The Balaban J connectivity index is 1.47. The summed E-state index contributed by atoms with van der Waals surface area (Å²) < 4.78 is 17.8. The monoisotopic (exact) mass is 469 g/mol. The molecule has 176 valence electrons. The fourth-order valence-corrected chi connectivity index (χ4v) is 3.35. The molecular weight excluding hydrogens is 446 g/mol. The first-order chi connectivity index (χ1) is 17.1. The highest BCUT2D eigenvalue weighted by molar-refractivity contribution is 5.98. The van der Waals surface area contributed by atoms with Gasteiger partial charge in [-0.25, -0.2) is 10.2 Å². The molecule has 0 aliphatic rings. The molecule has 0 aliphatic heterocycles. The van der Waals surface area contributed by atoms with Crippen LogP contribution in [0.3, 0.4) is 0 Å². The van der Waals surface area contributed by atoms with Gasteiger partial charge in [-0.05, 0) is 72.3 Å². The summed E-state index contributed by atoms with van der Waals surface area (Å²) in [5, 5.41) is 4.06. The lowest BCUT2D eigenvalue weighted by molar-refractivity contribution is 0.0729. The van der Waals surface area contributed by atoms with Gasteiger partial charge in [-0.3, -0.25) is 4.79 Å². The highest BCUT2D eigenvalue weighted by Crippen LogP contribution is 2.28. The average molecular weight is 469 g/mol. The zero-order valence-electron chi connectivity index (χ0n) is 19.2. The molecule has 1 aromatic heterocycles. The molecule has 0 radical (unpaired) electrons. The van der Waals surface area contributed by atoms with E-state index >= 15 is 0 Å². The quantitative estimate of drug-likeness (QED) is 0.178. The number of carbonyl (C=O) groups is 2. The molecule has 0 fully saturated rings. The van der Waals surface area contributed by atoms with Gasteiger partial charge in [-0.2, -0.15) is 5.10 Å². The van der Waals surface area contributed by atoms with Crippen LogP contribution in [0.25, 0.3) is 5.69 Å². The number of hydrogen-bond acceptors (Lipinski definition) is 6. The summed E-state index contributed by atoms with van der Waals surface area (Å²) in [6, 6.07) is 22.6. The summed E-state index contributed by atoms with van der Waals surface area (Å²) in [6.07, 6.45) is 5.18. The maximum Gasteiger partial charge on any atom is 0.343 e. The summed E-state index contributed by atoms with van der Waals surface area (Å²) in [5.41, 5.74) is 4.72. The number of hydrazone groups is 1. The summed E-state index contributed by atoms with van der Waals surface area (Å²) >= 11 is 0. The lowest BCUT2D eigenvalue weighted by Gasteiger charge is -2.10. The maximum absolute atomic E-state index is 12.7. The molecule has 0 bridgehead atoms. The number of rotatable bonds is 8. The lowest BCUT2D eigenvalue weighted by Crippen LogP contribution is -2.19. The van der Waals surface area contributed by atoms with Crippen molar-refractivity contribution in [3.63, 3.8) is 0 Å². The van der Waals surface area contributed by atoms with Gasteiger partial charge in [0.05, 0.1) is 37.2 Å². The zero-order valence-corrected chi connectivity index (χ0v) is 19.2. The second-order valence-corrected chi connectivity index (χ2v) is 7.33. The van der Waals surface area contributed by atoms with Gasteiger partial charge in [-0.1, -0.05) is 12.1 Å². The molecule has 0 aliphatic carbocycles. The highest BCUT2D eigenvalue weighted by atomic mass is 16.6. The number of hydrogen-bond donors (Lipinski definition) is 1. The van der Waals surface area contributed by atoms with Crippen molar-refractivity contribution >= 4 is 18.1 Å². The Morgan fingerprint density at radius 2 is 1.60 bits per heavy atom. The van der Waals surface area contributed by atoms with Crippen molar-refractivity contribution in [2.24, 2.45) is 5.10 Å². The second-order valence-electron chi connectivity index (χ2n) is 7.33. The Morgan fingerprint density at radius 3 is 2.31 bits per heavy atom. The van der Waals surface area contributed by atoms with E-state index in [0.717, 1.165) is 5.69 Å².